The summed E-state index contributed by atoms with van der Waals surface area (Å²) in [4.78, 5) is 24.6. The zero-order valence-electron chi connectivity index (χ0n) is 16.8. The molecule has 1 aliphatic rings. The van der Waals surface area contributed by atoms with Crippen LogP contribution in [0.2, 0.25) is 5.02 Å². The van der Waals surface area contributed by atoms with Gasteiger partial charge in [-0.3, -0.25) is 4.79 Å². The first-order chi connectivity index (χ1) is 14.8. The molecular weight excluding hydrogens is 442 g/mol. The summed E-state index contributed by atoms with van der Waals surface area (Å²) in [6.45, 7) is 1.36. The van der Waals surface area contributed by atoms with Crippen LogP contribution in [0.4, 0.5) is 5.69 Å². The largest absolute Gasteiger partial charge is 0.493 e. The van der Waals surface area contributed by atoms with Gasteiger partial charge in [0.15, 0.2) is 17.3 Å². The maximum atomic E-state index is 13.0. The van der Waals surface area contributed by atoms with Gasteiger partial charge >= 0.3 is 0 Å². The number of amides is 1. The molecule has 8 nitrogen and oxygen atoms in total. The highest BCUT2D eigenvalue weighted by Gasteiger charge is 2.32. The van der Waals surface area contributed by atoms with Gasteiger partial charge in [-0.25, -0.2) is 9.97 Å². The van der Waals surface area contributed by atoms with E-state index in [2.05, 4.69) is 9.97 Å². The van der Waals surface area contributed by atoms with Gasteiger partial charge in [0.05, 0.1) is 35.0 Å². The number of carbonyl (C=O) groups excluding carboxylic acids is 1. The number of halogens is 1. The van der Waals surface area contributed by atoms with Gasteiger partial charge in [-0.05, 0) is 30.7 Å². The van der Waals surface area contributed by atoms with Crippen molar-refractivity contribution in [3.8, 4) is 22.2 Å². The number of nitrogens with zero attached hydrogens (tertiary/aromatic N) is 3. The number of benzene rings is 1. The number of aliphatic hydroxyl groups is 2. The van der Waals surface area contributed by atoms with Crippen molar-refractivity contribution in [3.63, 3.8) is 0 Å². The number of methoxy groups -OCH3 is 1. The van der Waals surface area contributed by atoms with E-state index < -0.39 is 12.2 Å². The first-order valence-corrected chi connectivity index (χ1v) is 10.6. The molecule has 0 bridgehead atoms. The molecule has 1 aliphatic heterocycles. The van der Waals surface area contributed by atoms with Crippen LogP contribution in [-0.4, -0.2) is 52.0 Å². The lowest BCUT2D eigenvalue weighted by Crippen LogP contribution is -2.36. The van der Waals surface area contributed by atoms with E-state index in [4.69, 9.17) is 26.2 Å². The van der Waals surface area contributed by atoms with Crippen molar-refractivity contribution in [2.24, 2.45) is 0 Å². The smallest absolute Gasteiger partial charge is 0.269 e. The number of hydrogen-bond donors (Lipinski definition) is 2. The van der Waals surface area contributed by atoms with Gasteiger partial charge < -0.3 is 24.6 Å². The number of carbonyl (C=O) groups is 1. The number of thiophene rings is 1. The van der Waals surface area contributed by atoms with Crippen LogP contribution in [-0.2, 0) is 6.54 Å². The second-order valence-electron chi connectivity index (χ2n) is 7.36. The third-order valence-electron chi connectivity index (χ3n) is 4.76. The summed E-state index contributed by atoms with van der Waals surface area (Å²) in [5.41, 5.74) is 0.201. The molecule has 0 saturated heterocycles. The zero-order chi connectivity index (χ0) is 22.2. The first kappa shape index (κ1) is 21.5. The Morgan fingerprint density at radius 3 is 2.65 bits per heavy atom. The number of rotatable bonds is 7. The minimum Gasteiger partial charge on any atom is -0.493 e. The second kappa shape index (κ2) is 8.43. The number of aromatic nitrogens is 2. The monoisotopic (exact) mass is 461 g/mol. The maximum Gasteiger partial charge on any atom is 0.269 e. The maximum absolute atomic E-state index is 13.0. The molecule has 0 radical (unpaired) electrons. The molecule has 31 heavy (non-hydrogen) atoms. The van der Waals surface area contributed by atoms with Crippen molar-refractivity contribution in [1.29, 1.82) is 0 Å². The van der Waals surface area contributed by atoms with Crippen molar-refractivity contribution in [3.05, 3.63) is 52.1 Å². The highest BCUT2D eigenvalue weighted by molar-refractivity contribution is 7.17. The van der Waals surface area contributed by atoms with Crippen LogP contribution in [0.5, 0.6) is 11.5 Å². The molecule has 1 atom stereocenters. The fourth-order valence-corrected chi connectivity index (χ4v) is 4.24. The van der Waals surface area contributed by atoms with Crippen molar-refractivity contribution in [2.45, 2.75) is 19.1 Å². The minimum absolute atomic E-state index is 0.102. The van der Waals surface area contributed by atoms with E-state index in [-0.39, 0.29) is 12.5 Å². The van der Waals surface area contributed by atoms with E-state index in [1.54, 1.807) is 23.1 Å². The summed E-state index contributed by atoms with van der Waals surface area (Å²) in [5, 5.41) is 19.5. The fraction of sp³-hybridized carbons (Fsp3) is 0.286. The molecule has 0 fully saturated rings. The standard InChI is InChI=1S/C21H20ClN3O5S/c1-21(28,10-26)11-30-15-4-3-14(6-16(15)29-2)25-9-12-5-17(31-18(12)20(25)27)19-23-7-13(22)8-24-19/h3-8,26,28H,9-11H2,1-2H3. The van der Waals surface area contributed by atoms with E-state index in [0.717, 1.165) is 10.4 Å². The lowest BCUT2D eigenvalue weighted by atomic mass is 10.1. The van der Waals surface area contributed by atoms with Crippen LogP contribution in [0.1, 0.15) is 22.2 Å². The van der Waals surface area contributed by atoms with E-state index in [1.165, 1.54) is 37.8 Å². The lowest BCUT2D eigenvalue weighted by Gasteiger charge is -2.22. The van der Waals surface area contributed by atoms with Crippen LogP contribution in [0, 0.1) is 0 Å². The number of fused-ring (bicyclic) bond motifs is 1. The van der Waals surface area contributed by atoms with Crippen LogP contribution >= 0.6 is 22.9 Å². The average Bonchev–Trinajstić information content (AvgIpc) is 3.32. The van der Waals surface area contributed by atoms with E-state index in [1.807, 2.05) is 6.07 Å². The average molecular weight is 462 g/mol. The van der Waals surface area contributed by atoms with Gasteiger partial charge in [-0.2, -0.15) is 0 Å². The van der Waals surface area contributed by atoms with E-state index in [9.17, 15) is 9.90 Å². The van der Waals surface area contributed by atoms with Gasteiger partial charge in [0, 0.05) is 24.1 Å². The lowest BCUT2D eigenvalue weighted by molar-refractivity contribution is -0.0329. The fourth-order valence-electron chi connectivity index (χ4n) is 3.07. The van der Waals surface area contributed by atoms with E-state index >= 15 is 0 Å². The summed E-state index contributed by atoms with van der Waals surface area (Å²) in [5.74, 6) is 1.25. The molecular formula is C21H20ClN3O5S. The number of hydrogen-bond acceptors (Lipinski definition) is 8. The van der Waals surface area contributed by atoms with Crippen molar-refractivity contribution >= 4 is 34.5 Å². The summed E-state index contributed by atoms with van der Waals surface area (Å²) in [7, 11) is 1.50. The van der Waals surface area contributed by atoms with Gasteiger partial charge in [-0.1, -0.05) is 11.6 Å². The molecule has 4 rings (SSSR count). The molecule has 0 spiro atoms. The SMILES string of the molecule is COc1cc(N2Cc3cc(-c4ncc(Cl)cn4)sc3C2=O)ccc1OCC(C)(O)CO. The Balaban J connectivity index is 1.53. The van der Waals surface area contributed by atoms with Crippen LogP contribution < -0.4 is 14.4 Å². The minimum atomic E-state index is -1.37. The Bertz CT molecular complexity index is 1120. The van der Waals surface area contributed by atoms with Gasteiger partial charge in [-0.15, -0.1) is 11.3 Å². The van der Waals surface area contributed by atoms with E-state index in [0.29, 0.717) is 39.5 Å². The van der Waals surface area contributed by atoms with Gasteiger partial charge in [0.1, 0.15) is 12.2 Å². The first-order valence-electron chi connectivity index (χ1n) is 9.38. The van der Waals surface area contributed by atoms with Crippen molar-refractivity contribution < 1.29 is 24.5 Å². The Hall–Kier alpha value is -2.72. The summed E-state index contributed by atoms with van der Waals surface area (Å²) < 4.78 is 11.0. The Morgan fingerprint density at radius 2 is 2.00 bits per heavy atom. The summed E-state index contributed by atoms with van der Waals surface area (Å²) in [6, 6.07) is 7.06. The molecule has 1 amide bonds. The third-order valence-corrected chi connectivity index (χ3v) is 6.11. The predicted octanol–water partition coefficient (Wildman–Crippen LogP) is 3.15. The molecule has 10 heteroatoms. The summed E-state index contributed by atoms with van der Waals surface area (Å²) in [6.07, 6.45) is 3.05. The Labute approximate surface area is 187 Å². The van der Waals surface area contributed by atoms with Crippen LogP contribution in [0.25, 0.3) is 10.7 Å². The molecule has 0 saturated carbocycles. The van der Waals surface area contributed by atoms with Crippen LogP contribution in [0.15, 0.2) is 36.7 Å². The normalized spacial score (nSPS) is 15.0. The van der Waals surface area contributed by atoms with Gasteiger partial charge in [0.25, 0.3) is 5.91 Å². The topological polar surface area (TPSA) is 105 Å². The Morgan fingerprint density at radius 1 is 1.26 bits per heavy atom. The molecule has 162 valence electrons. The quantitative estimate of drug-likeness (QED) is 0.556. The molecule has 3 aromatic rings. The number of anilines is 1. The molecule has 1 unspecified atom stereocenters. The number of aliphatic hydroxyl groups excluding tert-OH is 1. The molecule has 3 heterocycles. The molecule has 2 N–H and O–H groups in total. The van der Waals surface area contributed by atoms with Crippen molar-refractivity contribution in [1.82, 2.24) is 9.97 Å². The second-order valence-corrected chi connectivity index (χ2v) is 8.85. The molecule has 1 aromatic carbocycles. The highest BCUT2D eigenvalue weighted by atomic mass is 35.5. The third kappa shape index (κ3) is 4.35. The van der Waals surface area contributed by atoms with Crippen LogP contribution in [0.3, 0.4) is 0 Å². The Kier molecular flexibility index (Phi) is 5.85. The summed E-state index contributed by atoms with van der Waals surface area (Å²) >= 11 is 7.19. The molecule has 0 aliphatic carbocycles. The predicted molar refractivity (Wildman–Crippen MR) is 117 cm³/mol. The highest BCUT2D eigenvalue weighted by Crippen LogP contribution is 2.40. The zero-order valence-corrected chi connectivity index (χ0v) is 18.4. The molecule has 2 aromatic heterocycles. The van der Waals surface area contributed by atoms with Gasteiger partial charge in [0.2, 0.25) is 0 Å². The van der Waals surface area contributed by atoms with Crippen molar-refractivity contribution in [2.75, 3.05) is 25.2 Å². The number of ether oxygens (including phenoxy) is 2.